The molecule has 2 aromatic rings. The highest BCUT2D eigenvalue weighted by atomic mass is 79.9. The van der Waals surface area contributed by atoms with Crippen LogP contribution in [-0.4, -0.2) is 20.9 Å². The Bertz CT molecular complexity index is 620. The summed E-state index contributed by atoms with van der Waals surface area (Å²) in [5, 5.41) is 13.8. The topological polar surface area (TPSA) is 55.1 Å². The van der Waals surface area contributed by atoms with Crippen molar-refractivity contribution in [3.05, 3.63) is 45.7 Å². The van der Waals surface area contributed by atoms with Gasteiger partial charge in [-0.3, -0.25) is 0 Å². The van der Waals surface area contributed by atoms with Gasteiger partial charge in [-0.25, -0.2) is 9.48 Å². The summed E-state index contributed by atoms with van der Waals surface area (Å²) < 4.78 is 2.57. The number of carboxylic acid groups (broad SMARTS) is 1. The van der Waals surface area contributed by atoms with Crippen molar-refractivity contribution < 1.29 is 9.90 Å². The zero-order chi connectivity index (χ0) is 14.0. The molecule has 0 saturated heterocycles. The normalized spacial score (nSPS) is 10.7. The molecule has 5 heteroatoms. The summed E-state index contributed by atoms with van der Waals surface area (Å²) in [7, 11) is 0. The number of aromatic nitrogens is 2. The molecular weight excluding hydrogens is 308 g/mol. The highest BCUT2D eigenvalue weighted by molar-refractivity contribution is 9.10. The monoisotopic (exact) mass is 322 g/mol. The first kappa shape index (κ1) is 13.8. The molecule has 4 nitrogen and oxygen atoms in total. The number of aromatic carboxylic acids is 1. The first-order valence-corrected chi connectivity index (χ1v) is 6.97. The van der Waals surface area contributed by atoms with Gasteiger partial charge in [0.1, 0.15) is 0 Å². The van der Waals surface area contributed by atoms with Gasteiger partial charge >= 0.3 is 5.97 Å². The predicted octanol–water partition coefficient (Wildman–Crippen LogP) is 3.46. The van der Waals surface area contributed by atoms with Crippen LogP contribution in [0.3, 0.4) is 0 Å². The lowest BCUT2D eigenvalue weighted by molar-refractivity contribution is 0.0696. The van der Waals surface area contributed by atoms with Crippen LogP contribution in [0, 0.1) is 0 Å². The highest BCUT2D eigenvalue weighted by Gasteiger charge is 2.15. The maximum absolute atomic E-state index is 11.3. The number of nitrogens with zero attached hydrogens (tertiary/aromatic N) is 2. The van der Waals surface area contributed by atoms with E-state index in [0.717, 1.165) is 28.7 Å². The van der Waals surface area contributed by atoms with Crippen LogP contribution in [0.2, 0.25) is 0 Å². The fourth-order valence-electron chi connectivity index (χ4n) is 1.97. The summed E-state index contributed by atoms with van der Waals surface area (Å²) in [5.41, 5.74) is 2.83. The fraction of sp³-hybridized carbons (Fsp3) is 0.286. The molecule has 0 radical (unpaired) electrons. The number of hydrogen-bond acceptors (Lipinski definition) is 2. The fourth-order valence-corrected chi connectivity index (χ4v) is 2.32. The van der Waals surface area contributed by atoms with Gasteiger partial charge in [0, 0.05) is 10.2 Å². The molecule has 1 aromatic carbocycles. The van der Waals surface area contributed by atoms with E-state index >= 15 is 0 Å². The van der Waals surface area contributed by atoms with Gasteiger partial charge in [-0.05, 0) is 37.1 Å². The van der Waals surface area contributed by atoms with E-state index in [0.29, 0.717) is 5.69 Å². The van der Waals surface area contributed by atoms with Crippen molar-refractivity contribution in [3.63, 3.8) is 0 Å². The van der Waals surface area contributed by atoms with Crippen LogP contribution in [0.15, 0.2) is 28.7 Å². The van der Waals surface area contributed by atoms with Gasteiger partial charge in [-0.1, -0.05) is 29.8 Å². The molecule has 0 atom stereocenters. The molecule has 0 fully saturated rings. The van der Waals surface area contributed by atoms with Crippen LogP contribution in [0.5, 0.6) is 0 Å². The molecule has 0 saturated carbocycles. The minimum absolute atomic E-state index is 0.253. The molecule has 0 amide bonds. The molecular formula is C14H15BrN2O2. The zero-order valence-corrected chi connectivity index (χ0v) is 12.4. The third kappa shape index (κ3) is 2.71. The average molecular weight is 323 g/mol. The van der Waals surface area contributed by atoms with Crippen molar-refractivity contribution in [1.82, 2.24) is 9.78 Å². The van der Waals surface area contributed by atoms with Crippen molar-refractivity contribution in [2.24, 2.45) is 0 Å². The number of carboxylic acids is 1. The van der Waals surface area contributed by atoms with Gasteiger partial charge in [0.2, 0.25) is 0 Å². The molecule has 0 aliphatic carbocycles. The summed E-state index contributed by atoms with van der Waals surface area (Å²) in [4.78, 5) is 11.3. The third-order valence-electron chi connectivity index (χ3n) is 2.98. The zero-order valence-electron chi connectivity index (χ0n) is 10.9. The van der Waals surface area contributed by atoms with E-state index < -0.39 is 5.97 Å². The van der Waals surface area contributed by atoms with Crippen LogP contribution in [0.4, 0.5) is 0 Å². The number of hydrogen-bond donors (Lipinski definition) is 1. The Balaban J connectivity index is 2.66. The Kier molecular flexibility index (Phi) is 4.04. The van der Waals surface area contributed by atoms with Crippen LogP contribution in [0.1, 0.15) is 35.6 Å². The minimum Gasteiger partial charge on any atom is -0.478 e. The second-order valence-corrected chi connectivity index (χ2v) is 5.13. The first-order valence-electron chi connectivity index (χ1n) is 6.17. The SMILES string of the molecule is CCc1cc(CC)n(-c2cc(Br)ccc2C(=O)O)n1. The van der Waals surface area contributed by atoms with Gasteiger partial charge in [0.25, 0.3) is 0 Å². The molecule has 100 valence electrons. The number of halogens is 1. The van der Waals surface area contributed by atoms with Crippen molar-refractivity contribution in [2.45, 2.75) is 26.7 Å². The number of rotatable bonds is 4. The van der Waals surface area contributed by atoms with Crippen molar-refractivity contribution >= 4 is 21.9 Å². The third-order valence-corrected chi connectivity index (χ3v) is 3.47. The Hall–Kier alpha value is -1.62. The van der Waals surface area contributed by atoms with Gasteiger partial charge < -0.3 is 5.11 Å². The highest BCUT2D eigenvalue weighted by Crippen LogP contribution is 2.22. The summed E-state index contributed by atoms with van der Waals surface area (Å²) >= 11 is 3.38. The van der Waals surface area contributed by atoms with E-state index in [1.165, 1.54) is 0 Å². The van der Waals surface area contributed by atoms with Gasteiger partial charge in [-0.15, -0.1) is 0 Å². The van der Waals surface area contributed by atoms with Crippen molar-refractivity contribution in [2.75, 3.05) is 0 Å². The molecule has 0 aliphatic heterocycles. The summed E-state index contributed by atoms with van der Waals surface area (Å²) in [6.45, 7) is 4.07. The molecule has 1 N–H and O–H groups in total. The van der Waals surface area contributed by atoms with Gasteiger partial charge in [0.15, 0.2) is 0 Å². The average Bonchev–Trinajstić information content (AvgIpc) is 2.81. The van der Waals surface area contributed by atoms with E-state index in [-0.39, 0.29) is 5.56 Å². The van der Waals surface area contributed by atoms with Crippen LogP contribution >= 0.6 is 15.9 Å². The van der Waals surface area contributed by atoms with Gasteiger partial charge in [0.05, 0.1) is 16.9 Å². The Labute approximate surface area is 120 Å². The maximum Gasteiger partial charge on any atom is 0.337 e. The van der Waals surface area contributed by atoms with Crippen molar-refractivity contribution in [1.29, 1.82) is 0 Å². The molecule has 1 heterocycles. The quantitative estimate of drug-likeness (QED) is 0.937. The second kappa shape index (κ2) is 5.57. The molecule has 0 spiro atoms. The lowest BCUT2D eigenvalue weighted by Gasteiger charge is -2.10. The van der Waals surface area contributed by atoms with E-state index in [1.54, 1.807) is 22.9 Å². The second-order valence-electron chi connectivity index (χ2n) is 4.21. The van der Waals surface area contributed by atoms with E-state index in [2.05, 4.69) is 21.0 Å². The van der Waals surface area contributed by atoms with Crippen LogP contribution in [-0.2, 0) is 12.8 Å². The largest absolute Gasteiger partial charge is 0.478 e. The Morgan fingerprint density at radius 1 is 1.32 bits per heavy atom. The van der Waals surface area contributed by atoms with E-state index in [9.17, 15) is 9.90 Å². The number of benzene rings is 1. The molecule has 2 rings (SSSR count). The molecule has 0 unspecified atom stereocenters. The van der Waals surface area contributed by atoms with Crippen LogP contribution < -0.4 is 0 Å². The lowest BCUT2D eigenvalue weighted by atomic mass is 10.1. The van der Waals surface area contributed by atoms with Crippen LogP contribution in [0.25, 0.3) is 5.69 Å². The standard InChI is InChI=1S/C14H15BrN2O2/c1-3-10-8-11(4-2)17(16-10)13-7-9(15)5-6-12(13)14(18)19/h5-8H,3-4H2,1-2H3,(H,18,19). The summed E-state index contributed by atoms with van der Waals surface area (Å²) in [6, 6.07) is 7.12. The smallest absolute Gasteiger partial charge is 0.337 e. The predicted molar refractivity (Wildman–Crippen MR) is 77.0 cm³/mol. The van der Waals surface area contributed by atoms with Gasteiger partial charge in [-0.2, -0.15) is 5.10 Å². The number of aryl methyl sites for hydroxylation is 2. The molecule has 1 aromatic heterocycles. The number of carbonyl (C=O) groups is 1. The molecule has 19 heavy (non-hydrogen) atoms. The van der Waals surface area contributed by atoms with E-state index in [4.69, 9.17) is 0 Å². The maximum atomic E-state index is 11.3. The lowest BCUT2D eigenvalue weighted by Crippen LogP contribution is -2.09. The Morgan fingerprint density at radius 2 is 2.05 bits per heavy atom. The minimum atomic E-state index is -0.946. The molecule has 0 aliphatic rings. The summed E-state index contributed by atoms with van der Waals surface area (Å²) in [6.07, 6.45) is 1.63. The Morgan fingerprint density at radius 3 is 2.63 bits per heavy atom. The first-order chi connectivity index (χ1) is 9.06. The summed E-state index contributed by atoms with van der Waals surface area (Å²) in [5.74, 6) is -0.946. The van der Waals surface area contributed by atoms with Crippen molar-refractivity contribution in [3.8, 4) is 5.69 Å². The van der Waals surface area contributed by atoms with E-state index in [1.807, 2.05) is 19.9 Å². The molecule has 0 bridgehead atoms.